The van der Waals surface area contributed by atoms with Crippen molar-refractivity contribution < 1.29 is 41.6 Å². The summed E-state index contributed by atoms with van der Waals surface area (Å²) in [5, 5.41) is 37.8. The summed E-state index contributed by atoms with van der Waals surface area (Å²) in [7, 11) is -1.51. The van der Waals surface area contributed by atoms with E-state index in [9.17, 15) is 37.8 Å². The van der Waals surface area contributed by atoms with E-state index in [1.807, 2.05) is 0 Å². The smallest absolute Gasteiger partial charge is 0.361 e. The number of hydrogen-bond acceptors (Lipinski definition) is 8. The van der Waals surface area contributed by atoms with Crippen molar-refractivity contribution in [3.05, 3.63) is 106 Å². The highest BCUT2D eigenvalue weighted by atomic mass is 32.2. The van der Waals surface area contributed by atoms with Crippen molar-refractivity contribution in [2.45, 2.75) is 37.6 Å². The minimum atomic E-state index is -3.91. The Bertz CT molecular complexity index is 1710. The van der Waals surface area contributed by atoms with E-state index < -0.39 is 73.0 Å². The maximum Gasteiger partial charge on any atom is 0.361 e. The van der Waals surface area contributed by atoms with Crippen LogP contribution < -0.4 is 0 Å². The number of carbonyl (C=O) groups excluding carboxylic acids is 2. The highest BCUT2D eigenvalue weighted by Gasteiger charge is 2.58. The number of aromatic nitrogens is 1. The van der Waals surface area contributed by atoms with Crippen molar-refractivity contribution in [3.63, 3.8) is 0 Å². The third kappa shape index (κ3) is 6.26. The first-order valence-electron chi connectivity index (χ1n) is 13.1. The van der Waals surface area contributed by atoms with Gasteiger partial charge in [0.1, 0.15) is 35.6 Å². The van der Waals surface area contributed by atoms with E-state index in [4.69, 9.17) is 0 Å². The molecule has 0 saturated heterocycles. The molecule has 228 valence electrons. The molecule has 0 aliphatic carbocycles. The quantitative estimate of drug-likeness (QED) is 0.223. The molecule has 1 aliphatic heterocycles. The van der Waals surface area contributed by atoms with Crippen LogP contribution in [0, 0.1) is 16.8 Å². The first-order chi connectivity index (χ1) is 19.9. The first-order valence-corrected chi connectivity index (χ1v) is 14.8. The Hall–Kier alpha value is -3.88. The van der Waals surface area contributed by atoms with Crippen LogP contribution in [0.4, 0.5) is 8.78 Å². The lowest BCUT2D eigenvalue weighted by Crippen LogP contribution is -2.65. The number of sulfone groups is 1. The second kappa shape index (κ2) is 11.3. The second-order valence-corrected chi connectivity index (χ2v) is 13.1. The highest BCUT2D eigenvalue weighted by Crippen LogP contribution is 2.37. The SMILES string of the molecule is CN(C)C(=O)[C@](O)(C(=O)[N+]([O-])(Cc1ccnc(C(C)(C)O)c1)[C@@H]1C=CS(=O)(=O)C1)c1ccc(-c2ccc(F)cc2)cc1F. The molecule has 43 heavy (non-hydrogen) atoms. The van der Waals surface area contributed by atoms with Gasteiger partial charge in [0.15, 0.2) is 9.84 Å². The summed E-state index contributed by atoms with van der Waals surface area (Å²) in [6.07, 6.45) is 2.29. The summed E-state index contributed by atoms with van der Waals surface area (Å²) >= 11 is 0. The van der Waals surface area contributed by atoms with E-state index in [1.165, 1.54) is 64.5 Å². The average Bonchev–Trinajstić information content (AvgIpc) is 3.31. The minimum Gasteiger partial charge on any atom is -0.624 e. The number of aliphatic hydroxyl groups is 2. The van der Waals surface area contributed by atoms with Gasteiger partial charge < -0.3 is 20.3 Å². The van der Waals surface area contributed by atoms with E-state index in [1.54, 1.807) is 0 Å². The predicted octanol–water partition coefficient (Wildman–Crippen LogP) is 2.88. The summed E-state index contributed by atoms with van der Waals surface area (Å²) in [5.41, 5.74) is -4.74. The van der Waals surface area contributed by atoms with Crippen LogP contribution in [-0.4, -0.2) is 70.9 Å². The number of halogens is 2. The predicted molar refractivity (Wildman–Crippen MR) is 153 cm³/mol. The number of carbonyl (C=O) groups is 2. The number of benzene rings is 2. The maximum atomic E-state index is 15.8. The molecule has 0 spiro atoms. The molecule has 0 saturated carbocycles. The number of pyridine rings is 1. The van der Waals surface area contributed by atoms with Gasteiger partial charge in [0.25, 0.3) is 11.5 Å². The molecule has 1 aromatic heterocycles. The lowest BCUT2D eigenvalue weighted by molar-refractivity contribution is -0.837. The van der Waals surface area contributed by atoms with Crippen molar-refractivity contribution in [2.24, 2.45) is 0 Å². The molecule has 3 atom stereocenters. The van der Waals surface area contributed by atoms with Crippen LogP contribution in [0.15, 0.2) is 72.3 Å². The van der Waals surface area contributed by atoms with E-state index >= 15 is 4.39 Å². The fourth-order valence-corrected chi connectivity index (χ4v) is 6.25. The van der Waals surface area contributed by atoms with Crippen LogP contribution in [0.3, 0.4) is 0 Å². The van der Waals surface area contributed by atoms with E-state index in [-0.39, 0.29) is 16.8 Å². The zero-order chi connectivity index (χ0) is 32.0. The molecule has 2 amide bonds. The average molecular weight is 616 g/mol. The molecule has 0 fully saturated rings. The largest absolute Gasteiger partial charge is 0.624 e. The van der Waals surface area contributed by atoms with Gasteiger partial charge in [-0.25, -0.2) is 22.0 Å². The Morgan fingerprint density at radius 2 is 1.67 bits per heavy atom. The van der Waals surface area contributed by atoms with Crippen LogP contribution in [0.25, 0.3) is 11.1 Å². The summed E-state index contributed by atoms with van der Waals surface area (Å²) in [4.78, 5) is 32.7. The molecule has 13 heteroatoms. The molecule has 10 nitrogen and oxygen atoms in total. The van der Waals surface area contributed by atoms with Gasteiger partial charge in [0.05, 0.1) is 5.69 Å². The molecule has 2 heterocycles. The lowest BCUT2D eigenvalue weighted by atomic mass is 9.87. The fourth-order valence-electron chi connectivity index (χ4n) is 4.89. The molecule has 2 N–H and O–H groups in total. The maximum absolute atomic E-state index is 15.8. The monoisotopic (exact) mass is 615 g/mol. The normalized spacial score (nSPS) is 19.0. The molecule has 4 rings (SSSR count). The molecular weight excluding hydrogens is 584 g/mol. The first kappa shape index (κ1) is 32.0. The third-order valence-corrected chi connectivity index (χ3v) is 8.60. The summed E-state index contributed by atoms with van der Waals surface area (Å²) < 4.78 is 51.8. The van der Waals surface area contributed by atoms with Gasteiger partial charge in [0.2, 0.25) is 0 Å². The zero-order valence-corrected chi connectivity index (χ0v) is 24.7. The summed E-state index contributed by atoms with van der Waals surface area (Å²) in [6.45, 7) is 2.11. The topological polar surface area (TPSA) is 148 Å². The number of hydrogen-bond donors (Lipinski definition) is 2. The van der Waals surface area contributed by atoms with Crippen LogP contribution in [-0.2, 0) is 37.2 Å². The fraction of sp³-hybridized carbons (Fsp3) is 0.300. The number of likely N-dealkylation sites (N-methyl/N-ethyl adjacent to an activating group) is 1. The molecule has 1 aliphatic rings. The van der Waals surface area contributed by atoms with Crippen molar-refractivity contribution in [2.75, 3.05) is 19.8 Å². The van der Waals surface area contributed by atoms with E-state index in [2.05, 4.69) is 4.98 Å². The third-order valence-electron chi connectivity index (χ3n) is 7.22. The Morgan fingerprint density at radius 3 is 2.21 bits per heavy atom. The number of quaternary nitrogens is 1. The summed E-state index contributed by atoms with van der Waals surface area (Å²) in [5.74, 6) is -5.57. The van der Waals surface area contributed by atoms with Gasteiger partial charge in [-0.2, -0.15) is 0 Å². The number of amides is 2. The minimum absolute atomic E-state index is 0.139. The Labute approximate surface area is 247 Å². The van der Waals surface area contributed by atoms with Crippen molar-refractivity contribution in [3.8, 4) is 11.1 Å². The number of hydroxylamine groups is 3. The van der Waals surface area contributed by atoms with Gasteiger partial charge in [-0.05, 0) is 61.4 Å². The van der Waals surface area contributed by atoms with Gasteiger partial charge in [-0.3, -0.25) is 14.4 Å². The zero-order valence-electron chi connectivity index (χ0n) is 23.9. The molecule has 2 aromatic carbocycles. The molecule has 3 aromatic rings. The number of nitrogens with zero attached hydrogens (tertiary/aromatic N) is 3. The van der Waals surface area contributed by atoms with Gasteiger partial charge in [-0.1, -0.05) is 24.3 Å². The van der Waals surface area contributed by atoms with Crippen LogP contribution >= 0.6 is 0 Å². The Kier molecular flexibility index (Phi) is 8.43. The molecule has 1 unspecified atom stereocenters. The van der Waals surface area contributed by atoms with Crippen LogP contribution in [0.1, 0.15) is 30.7 Å². The lowest BCUT2D eigenvalue weighted by Gasteiger charge is -2.47. The van der Waals surface area contributed by atoms with Gasteiger partial charge in [0, 0.05) is 36.8 Å². The van der Waals surface area contributed by atoms with Gasteiger partial charge >= 0.3 is 5.91 Å². The van der Waals surface area contributed by atoms with Crippen molar-refractivity contribution in [1.82, 2.24) is 9.88 Å². The van der Waals surface area contributed by atoms with E-state index in [0.717, 1.165) is 40.6 Å². The highest BCUT2D eigenvalue weighted by molar-refractivity contribution is 7.94. The summed E-state index contributed by atoms with van der Waals surface area (Å²) in [6, 6.07) is 9.41. The number of rotatable bonds is 8. The van der Waals surface area contributed by atoms with E-state index in [0.29, 0.717) is 5.56 Å². The second-order valence-electron chi connectivity index (χ2n) is 11.2. The Balaban J connectivity index is 1.88. The van der Waals surface area contributed by atoms with Crippen LogP contribution in [0.2, 0.25) is 0 Å². The van der Waals surface area contributed by atoms with Crippen LogP contribution in [0.5, 0.6) is 0 Å². The molecule has 0 bridgehead atoms. The molecule has 0 radical (unpaired) electrons. The Morgan fingerprint density at radius 1 is 1.05 bits per heavy atom. The standard InChI is InChI=1S/C30H31F2N3O7S/c1-29(2,38)26-15-19(11-13-33-26)17-35(40,23-12-14-43(41,42)18-23)28(37)30(39,27(36)34(3)4)24-10-7-21(16-25(24)32)20-5-8-22(31)9-6-20/h5-16,23,38-39H,17-18H2,1-4H3/t23-,30+,35?/m1/s1. The van der Waals surface area contributed by atoms with Crippen molar-refractivity contribution >= 4 is 21.7 Å². The van der Waals surface area contributed by atoms with Gasteiger partial charge in [-0.15, -0.1) is 0 Å². The molecular formula is C30H31F2N3O7S. The van der Waals surface area contributed by atoms with Crippen molar-refractivity contribution in [1.29, 1.82) is 0 Å².